The molecule has 0 bridgehead atoms. The van der Waals surface area contributed by atoms with Gasteiger partial charge in [0, 0.05) is 18.4 Å². The van der Waals surface area contributed by atoms with Gasteiger partial charge in [-0.25, -0.2) is 4.39 Å². The molecule has 0 rings (SSSR count). The zero-order valence-corrected chi connectivity index (χ0v) is 10.3. The Morgan fingerprint density at radius 3 is 2.53 bits per heavy atom. The van der Waals surface area contributed by atoms with E-state index in [1.54, 1.807) is 0 Å². The zero-order valence-electron chi connectivity index (χ0n) is 9.50. The first-order valence-corrected chi connectivity index (χ1v) is 6.05. The highest BCUT2D eigenvalue weighted by atomic mass is 32.2. The molecule has 0 amide bonds. The summed E-state index contributed by atoms with van der Waals surface area (Å²) in [6.07, 6.45) is 4.07. The summed E-state index contributed by atoms with van der Waals surface area (Å²) in [7, 11) is 1.51. The molecule has 15 heavy (non-hydrogen) atoms. The topological polar surface area (TPSA) is 47.5 Å². The summed E-state index contributed by atoms with van der Waals surface area (Å²) in [5.74, 6) is -0.405. The number of nitrogens with zero attached hydrogens (tertiary/aromatic N) is 1. The normalized spacial score (nSPS) is 14.4. The Morgan fingerprint density at radius 2 is 2.13 bits per heavy atom. The van der Waals surface area contributed by atoms with Crippen LogP contribution in [0.4, 0.5) is 4.39 Å². The van der Waals surface area contributed by atoms with Crippen molar-refractivity contribution >= 4 is 17.6 Å². The fourth-order valence-electron chi connectivity index (χ4n) is 0.879. The average molecular weight is 232 g/mol. The average Bonchev–Trinajstić information content (AvgIpc) is 2.11. The van der Waals surface area contributed by atoms with Gasteiger partial charge in [-0.2, -0.15) is 0 Å². The van der Waals surface area contributed by atoms with Gasteiger partial charge in [-0.05, 0) is 25.5 Å². The number of aliphatic imine (C=N–C) groups is 1. The molecule has 0 aromatic heterocycles. The maximum Gasteiger partial charge on any atom is 0.141 e. The summed E-state index contributed by atoms with van der Waals surface area (Å²) >= 11 is -1.09. The van der Waals surface area contributed by atoms with E-state index in [0.717, 1.165) is 17.4 Å². The van der Waals surface area contributed by atoms with E-state index in [1.165, 1.54) is 19.4 Å². The van der Waals surface area contributed by atoms with Crippen LogP contribution in [-0.2, 0) is 11.4 Å². The number of nitrogens with one attached hydrogen (secondary N) is 1. The molecule has 0 aliphatic heterocycles. The van der Waals surface area contributed by atoms with Crippen molar-refractivity contribution in [3.63, 3.8) is 0 Å². The van der Waals surface area contributed by atoms with E-state index in [1.807, 2.05) is 13.8 Å². The van der Waals surface area contributed by atoms with Crippen LogP contribution >= 0.6 is 0 Å². The third kappa shape index (κ3) is 7.30. The number of rotatable bonds is 5. The fourth-order valence-corrected chi connectivity index (χ4v) is 1.24. The molecule has 1 N–H and O–H groups in total. The molecule has 86 valence electrons. The van der Waals surface area contributed by atoms with Gasteiger partial charge < -0.3 is 4.55 Å². The second kappa shape index (κ2) is 7.62. The molecule has 0 saturated carbocycles. The largest absolute Gasteiger partial charge is 0.598 e. The Morgan fingerprint density at radius 1 is 1.53 bits per heavy atom. The van der Waals surface area contributed by atoms with Gasteiger partial charge in [0.25, 0.3) is 0 Å². The van der Waals surface area contributed by atoms with E-state index in [2.05, 4.69) is 9.71 Å². The van der Waals surface area contributed by atoms with E-state index in [0.29, 0.717) is 6.54 Å². The van der Waals surface area contributed by atoms with E-state index >= 15 is 0 Å². The Labute approximate surface area is 93.5 Å². The molecular formula is C10H17FN2OS. The van der Waals surface area contributed by atoms with Gasteiger partial charge in [-0.1, -0.05) is 5.57 Å². The maximum atomic E-state index is 13.1. The molecule has 0 radical (unpaired) electrons. The van der Waals surface area contributed by atoms with Crippen molar-refractivity contribution in [1.29, 1.82) is 0 Å². The monoisotopic (exact) mass is 232 g/mol. The first-order chi connectivity index (χ1) is 6.97. The Bertz CT molecular complexity index is 281. The fraction of sp³-hybridized carbons (Fsp3) is 0.500. The van der Waals surface area contributed by atoms with Crippen molar-refractivity contribution < 1.29 is 8.94 Å². The quantitative estimate of drug-likeness (QED) is 0.446. The van der Waals surface area contributed by atoms with Crippen molar-refractivity contribution in [3.05, 3.63) is 23.0 Å². The summed E-state index contributed by atoms with van der Waals surface area (Å²) in [5, 5.41) is 0. The highest BCUT2D eigenvalue weighted by Crippen LogP contribution is 2.08. The summed E-state index contributed by atoms with van der Waals surface area (Å²) in [6.45, 7) is 4.14. The van der Waals surface area contributed by atoms with Crippen molar-refractivity contribution in [1.82, 2.24) is 4.72 Å². The van der Waals surface area contributed by atoms with Crippen LogP contribution in [0.1, 0.15) is 13.8 Å². The molecule has 3 nitrogen and oxygen atoms in total. The lowest BCUT2D eigenvalue weighted by Gasteiger charge is -2.08. The van der Waals surface area contributed by atoms with Crippen LogP contribution < -0.4 is 4.72 Å². The lowest BCUT2D eigenvalue weighted by atomic mass is 10.1. The van der Waals surface area contributed by atoms with Crippen molar-refractivity contribution in [3.8, 4) is 0 Å². The number of hydrogen-bond acceptors (Lipinski definition) is 3. The molecule has 1 unspecified atom stereocenters. The van der Waals surface area contributed by atoms with E-state index in [-0.39, 0.29) is 0 Å². The van der Waals surface area contributed by atoms with E-state index in [9.17, 15) is 8.94 Å². The molecular weight excluding hydrogens is 215 g/mol. The van der Waals surface area contributed by atoms with Gasteiger partial charge in [0.1, 0.15) is 12.1 Å². The third-order valence-corrected chi connectivity index (χ3v) is 2.22. The minimum absolute atomic E-state index is 0.385. The summed E-state index contributed by atoms with van der Waals surface area (Å²) < 4.78 is 26.7. The number of hydrogen-bond donors (Lipinski definition) is 1. The van der Waals surface area contributed by atoms with Gasteiger partial charge in [0.05, 0.1) is 12.8 Å². The lowest BCUT2D eigenvalue weighted by Crippen LogP contribution is -2.24. The summed E-state index contributed by atoms with van der Waals surface area (Å²) in [6, 6.07) is 0. The number of halogens is 1. The van der Waals surface area contributed by atoms with Crippen LogP contribution in [0.5, 0.6) is 0 Å². The highest BCUT2D eigenvalue weighted by Gasteiger charge is 2.02. The van der Waals surface area contributed by atoms with Gasteiger partial charge in [0.15, 0.2) is 0 Å². The SMILES string of the molecule is C/N=C\C(F)=C/C(CN[S+](C)[O-])=C(C)C. The van der Waals surface area contributed by atoms with Crippen LogP contribution in [0, 0.1) is 0 Å². The number of allylic oxidation sites excluding steroid dienone is 2. The van der Waals surface area contributed by atoms with E-state index in [4.69, 9.17) is 0 Å². The molecule has 0 spiro atoms. The van der Waals surface area contributed by atoms with E-state index < -0.39 is 17.2 Å². The van der Waals surface area contributed by atoms with Crippen LogP contribution in [0.2, 0.25) is 0 Å². The summed E-state index contributed by atoms with van der Waals surface area (Å²) in [5.41, 5.74) is 1.76. The highest BCUT2D eigenvalue weighted by molar-refractivity contribution is 7.88. The third-order valence-electron chi connectivity index (χ3n) is 1.67. The van der Waals surface area contributed by atoms with Crippen LogP contribution in [0.25, 0.3) is 0 Å². The molecule has 0 saturated heterocycles. The first-order valence-electron chi connectivity index (χ1n) is 4.50. The van der Waals surface area contributed by atoms with Crippen molar-refractivity contribution in [2.24, 2.45) is 4.99 Å². The molecule has 0 aliphatic carbocycles. The maximum absolute atomic E-state index is 13.1. The first kappa shape index (κ1) is 14.3. The molecule has 0 aliphatic rings. The van der Waals surface area contributed by atoms with Crippen LogP contribution in [0.15, 0.2) is 28.0 Å². The molecule has 0 aromatic rings. The second-order valence-corrected chi connectivity index (χ2v) is 4.41. The predicted octanol–water partition coefficient (Wildman–Crippen LogP) is 1.76. The van der Waals surface area contributed by atoms with Crippen molar-refractivity contribution in [2.45, 2.75) is 13.8 Å². The molecule has 0 aromatic carbocycles. The molecule has 0 fully saturated rings. The van der Waals surface area contributed by atoms with Gasteiger partial charge in [-0.3, -0.25) is 4.99 Å². The second-order valence-electron chi connectivity index (χ2n) is 3.22. The van der Waals surface area contributed by atoms with Crippen molar-refractivity contribution in [2.75, 3.05) is 19.8 Å². The minimum atomic E-state index is -1.09. The Hall–Kier alpha value is -0.650. The van der Waals surface area contributed by atoms with Gasteiger partial charge in [-0.15, -0.1) is 4.72 Å². The van der Waals surface area contributed by atoms with Crippen LogP contribution in [-0.4, -0.2) is 30.6 Å². The molecule has 0 heterocycles. The Kier molecular flexibility index (Phi) is 7.29. The molecule has 5 heteroatoms. The smallest absolute Gasteiger partial charge is 0.141 e. The summed E-state index contributed by atoms with van der Waals surface area (Å²) in [4.78, 5) is 3.57. The predicted molar refractivity (Wildman–Crippen MR) is 64.1 cm³/mol. The minimum Gasteiger partial charge on any atom is -0.598 e. The Balaban J connectivity index is 4.57. The molecule has 1 atom stereocenters. The standard InChI is InChI=1S/C10H17FN2OS/c1-8(2)9(6-13-15(4)14)5-10(11)7-12-3/h5,7,13H,6H2,1-4H3/b10-5+,12-7-. The zero-order chi connectivity index (χ0) is 11.8. The van der Waals surface area contributed by atoms with Gasteiger partial charge in [0.2, 0.25) is 0 Å². The lowest BCUT2D eigenvalue weighted by molar-refractivity contribution is 0.590. The van der Waals surface area contributed by atoms with Gasteiger partial charge >= 0.3 is 0 Å². The van der Waals surface area contributed by atoms with Crippen LogP contribution in [0.3, 0.4) is 0 Å².